The van der Waals surface area contributed by atoms with Crippen LogP contribution in [0.25, 0.3) is 0 Å². The molecule has 0 aromatic heterocycles. The van der Waals surface area contributed by atoms with Gasteiger partial charge in [0.15, 0.2) is 0 Å². The van der Waals surface area contributed by atoms with Crippen molar-refractivity contribution in [3.8, 4) is 0 Å². The van der Waals surface area contributed by atoms with Crippen LogP contribution in [0.15, 0.2) is 11.6 Å². The van der Waals surface area contributed by atoms with Gasteiger partial charge in [-0.1, -0.05) is 11.6 Å². The first-order valence-electron chi connectivity index (χ1n) is 8.00. The van der Waals surface area contributed by atoms with Gasteiger partial charge in [-0.25, -0.2) is 0 Å². The highest BCUT2D eigenvalue weighted by atomic mass is 16.5. The number of carbonyl (C=O) groups is 2. The first-order chi connectivity index (χ1) is 10.2. The third kappa shape index (κ3) is 2.98. The number of amides is 1. The first kappa shape index (κ1) is 14.6. The summed E-state index contributed by atoms with van der Waals surface area (Å²) >= 11 is 0. The number of hydrogen-bond acceptors (Lipinski definition) is 3. The van der Waals surface area contributed by atoms with Crippen molar-refractivity contribution in [3.05, 3.63) is 11.6 Å². The van der Waals surface area contributed by atoms with Crippen molar-refractivity contribution in [2.45, 2.75) is 57.2 Å². The van der Waals surface area contributed by atoms with E-state index in [1.807, 2.05) is 0 Å². The van der Waals surface area contributed by atoms with Crippen LogP contribution in [-0.2, 0) is 14.3 Å². The van der Waals surface area contributed by atoms with E-state index in [1.54, 1.807) is 0 Å². The Morgan fingerprint density at radius 2 is 2.00 bits per heavy atom. The van der Waals surface area contributed by atoms with Crippen molar-refractivity contribution < 1.29 is 19.4 Å². The highest BCUT2D eigenvalue weighted by Gasteiger charge is 2.55. The topological polar surface area (TPSA) is 75.6 Å². The smallest absolute Gasteiger partial charge is 0.310 e. The predicted molar refractivity (Wildman–Crippen MR) is 76.7 cm³/mol. The van der Waals surface area contributed by atoms with Gasteiger partial charge < -0.3 is 15.2 Å². The highest BCUT2D eigenvalue weighted by molar-refractivity contribution is 5.86. The van der Waals surface area contributed by atoms with Crippen molar-refractivity contribution in [2.75, 3.05) is 6.54 Å². The average Bonchev–Trinajstić information content (AvgIpc) is 3.08. The summed E-state index contributed by atoms with van der Waals surface area (Å²) in [5, 5.41) is 12.2. The van der Waals surface area contributed by atoms with Gasteiger partial charge in [0.1, 0.15) is 0 Å². The largest absolute Gasteiger partial charge is 0.481 e. The number of hydrogen-bond donors (Lipinski definition) is 2. The Labute approximate surface area is 124 Å². The minimum atomic E-state index is -0.905. The summed E-state index contributed by atoms with van der Waals surface area (Å²) in [5.74, 6) is -2.23. The molecular formula is C16H23NO4. The van der Waals surface area contributed by atoms with Gasteiger partial charge in [0.2, 0.25) is 5.91 Å². The standard InChI is InChI=1S/C16H23NO4/c18-15(17-9-8-10-4-2-1-3-5-10)13-11-6-7-12(21-11)14(13)16(19)20/h4,11-14H,1-3,5-9H2,(H,17,18)(H,19,20)/t11-,12+,13+,14+/m1/s1. The Morgan fingerprint density at radius 1 is 1.24 bits per heavy atom. The summed E-state index contributed by atoms with van der Waals surface area (Å²) in [4.78, 5) is 23.7. The molecule has 0 aromatic carbocycles. The van der Waals surface area contributed by atoms with Gasteiger partial charge in [-0.05, 0) is 44.9 Å². The monoisotopic (exact) mass is 293 g/mol. The number of allylic oxidation sites excluding steroid dienone is 1. The molecular weight excluding hydrogens is 270 g/mol. The van der Waals surface area contributed by atoms with Crippen LogP contribution in [0.5, 0.6) is 0 Å². The van der Waals surface area contributed by atoms with Gasteiger partial charge in [0.25, 0.3) is 0 Å². The fourth-order valence-electron chi connectivity index (χ4n) is 3.92. The molecule has 116 valence electrons. The maximum Gasteiger partial charge on any atom is 0.310 e. The first-order valence-corrected chi connectivity index (χ1v) is 8.00. The van der Waals surface area contributed by atoms with E-state index >= 15 is 0 Å². The van der Waals surface area contributed by atoms with Crippen LogP contribution in [0, 0.1) is 11.8 Å². The molecule has 4 atom stereocenters. The van der Waals surface area contributed by atoms with E-state index in [2.05, 4.69) is 11.4 Å². The van der Waals surface area contributed by atoms with Gasteiger partial charge in [-0.2, -0.15) is 0 Å². The molecule has 0 spiro atoms. The minimum Gasteiger partial charge on any atom is -0.481 e. The number of nitrogens with one attached hydrogen (secondary N) is 1. The van der Waals surface area contributed by atoms with Gasteiger partial charge in [-0.15, -0.1) is 0 Å². The molecule has 5 heteroatoms. The number of carboxylic acids is 1. The van der Waals surface area contributed by atoms with Crippen molar-refractivity contribution in [1.29, 1.82) is 0 Å². The Kier molecular flexibility index (Phi) is 4.29. The Bertz CT molecular complexity index is 459. The molecule has 1 amide bonds. The zero-order chi connectivity index (χ0) is 14.8. The van der Waals surface area contributed by atoms with Gasteiger partial charge in [0, 0.05) is 6.54 Å². The minimum absolute atomic E-state index is 0.147. The molecule has 2 saturated heterocycles. The van der Waals surface area contributed by atoms with Crippen molar-refractivity contribution in [3.63, 3.8) is 0 Å². The summed E-state index contributed by atoms with van der Waals surface area (Å²) in [7, 11) is 0. The van der Waals surface area contributed by atoms with Crippen LogP contribution in [0.2, 0.25) is 0 Å². The molecule has 0 aromatic rings. The second-order valence-electron chi connectivity index (χ2n) is 6.33. The van der Waals surface area contributed by atoms with E-state index in [-0.39, 0.29) is 18.1 Å². The van der Waals surface area contributed by atoms with E-state index < -0.39 is 17.8 Å². The lowest BCUT2D eigenvalue weighted by Gasteiger charge is -2.24. The second kappa shape index (κ2) is 6.18. The SMILES string of the molecule is O=C(O)[C@@H]1[C@@H](C(=O)NCCC2=CCCCC2)[C@H]2CC[C@@H]1O2. The van der Waals surface area contributed by atoms with Gasteiger partial charge in [0.05, 0.1) is 24.0 Å². The molecule has 5 nitrogen and oxygen atoms in total. The maximum atomic E-state index is 12.3. The lowest BCUT2D eigenvalue weighted by Crippen LogP contribution is -2.44. The molecule has 2 bridgehead atoms. The molecule has 0 unspecified atom stereocenters. The molecule has 0 radical (unpaired) electrons. The molecule has 1 aliphatic carbocycles. The summed E-state index contributed by atoms with van der Waals surface area (Å²) in [6, 6.07) is 0. The lowest BCUT2D eigenvalue weighted by atomic mass is 9.78. The second-order valence-corrected chi connectivity index (χ2v) is 6.33. The number of aliphatic carboxylic acids is 1. The average molecular weight is 293 g/mol. The van der Waals surface area contributed by atoms with E-state index in [0.29, 0.717) is 6.54 Å². The van der Waals surface area contributed by atoms with Crippen LogP contribution >= 0.6 is 0 Å². The molecule has 2 N–H and O–H groups in total. The third-order valence-corrected chi connectivity index (χ3v) is 4.99. The van der Waals surface area contributed by atoms with Crippen LogP contribution < -0.4 is 5.32 Å². The summed E-state index contributed by atoms with van der Waals surface area (Å²) in [6.45, 7) is 0.602. The number of fused-ring (bicyclic) bond motifs is 2. The quantitative estimate of drug-likeness (QED) is 0.759. The fraction of sp³-hybridized carbons (Fsp3) is 0.750. The zero-order valence-corrected chi connectivity index (χ0v) is 12.2. The van der Waals surface area contributed by atoms with Crippen LogP contribution in [0.4, 0.5) is 0 Å². The molecule has 21 heavy (non-hydrogen) atoms. The fourth-order valence-corrected chi connectivity index (χ4v) is 3.92. The number of rotatable bonds is 5. The van der Waals surface area contributed by atoms with Crippen LogP contribution in [0.1, 0.15) is 44.9 Å². The molecule has 2 fully saturated rings. The summed E-state index contributed by atoms with van der Waals surface area (Å²) in [5.41, 5.74) is 1.42. The lowest BCUT2D eigenvalue weighted by molar-refractivity contribution is -0.147. The van der Waals surface area contributed by atoms with E-state index in [0.717, 1.165) is 32.1 Å². The number of ether oxygens (including phenoxy) is 1. The van der Waals surface area contributed by atoms with Crippen LogP contribution in [-0.4, -0.2) is 35.7 Å². The third-order valence-electron chi connectivity index (χ3n) is 4.99. The molecule has 3 aliphatic rings. The highest BCUT2D eigenvalue weighted by Crippen LogP contribution is 2.43. The Morgan fingerprint density at radius 3 is 2.67 bits per heavy atom. The van der Waals surface area contributed by atoms with Crippen molar-refractivity contribution in [2.24, 2.45) is 11.8 Å². The predicted octanol–water partition coefficient (Wildman–Crippen LogP) is 1.87. The normalized spacial score (nSPS) is 34.6. The molecule has 3 rings (SSSR count). The number of carboxylic acid groups (broad SMARTS) is 1. The molecule has 2 aliphatic heterocycles. The van der Waals surface area contributed by atoms with E-state index in [9.17, 15) is 14.7 Å². The van der Waals surface area contributed by atoms with Gasteiger partial charge >= 0.3 is 5.97 Å². The van der Waals surface area contributed by atoms with Gasteiger partial charge in [-0.3, -0.25) is 9.59 Å². The zero-order valence-electron chi connectivity index (χ0n) is 12.2. The number of carbonyl (C=O) groups excluding carboxylic acids is 1. The summed E-state index contributed by atoms with van der Waals surface area (Å²) < 4.78 is 5.62. The van der Waals surface area contributed by atoms with Crippen molar-refractivity contribution >= 4 is 11.9 Å². The maximum absolute atomic E-state index is 12.3. The molecule has 2 heterocycles. The van der Waals surface area contributed by atoms with Crippen molar-refractivity contribution in [1.82, 2.24) is 5.32 Å². The van der Waals surface area contributed by atoms with E-state index in [4.69, 9.17) is 4.74 Å². The van der Waals surface area contributed by atoms with Crippen LogP contribution in [0.3, 0.4) is 0 Å². The molecule has 0 saturated carbocycles. The Hall–Kier alpha value is -1.36. The Balaban J connectivity index is 1.52. The van der Waals surface area contributed by atoms with E-state index in [1.165, 1.54) is 18.4 Å². The summed E-state index contributed by atoms with van der Waals surface area (Å²) in [6.07, 6.45) is 9.02.